The second-order valence-corrected chi connectivity index (χ2v) is 7.67. The Balaban J connectivity index is 1.23. The van der Waals surface area contributed by atoms with Gasteiger partial charge in [0.15, 0.2) is 0 Å². The van der Waals surface area contributed by atoms with Crippen LogP contribution in [0.2, 0.25) is 0 Å². The molecule has 4 rings (SSSR count). The summed E-state index contributed by atoms with van der Waals surface area (Å²) in [6, 6.07) is 6.19. The maximum atomic E-state index is 13.0. The molecule has 29 heavy (non-hydrogen) atoms. The summed E-state index contributed by atoms with van der Waals surface area (Å²) in [6.45, 7) is 3.97. The lowest BCUT2D eigenvalue weighted by Gasteiger charge is -2.42. The molecule has 1 N–H and O–H groups in total. The van der Waals surface area contributed by atoms with Gasteiger partial charge in [-0.1, -0.05) is 0 Å². The number of halogens is 1. The van der Waals surface area contributed by atoms with Crippen molar-refractivity contribution in [2.45, 2.75) is 31.4 Å². The Morgan fingerprint density at radius 3 is 2.76 bits per heavy atom. The van der Waals surface area contributed by atoms with Crippen molar-refractivity contribution in [2.24, 2.45) is 0 Å². The third kappa shape index (κ3) is 5.33. The fourth-order valence-corrected chi connectivity index (χ4v) is 3.98. The molecule has 1 amide bonds. The van der Waals surface area contributed by atoms with Gasteiger partial charge in [-0.25, -0.2) is 4.39 Å². The van der Waals surface area contributed by atoms with E-state index in [2.05, 4.69) is 15.1 Å². The summed E-state index contributed by atoms with van der Waals surface area (Å²) in [5.41, 5.74) is 1.22. The predicted octanol–water partition coefficient (Wildman–Crippen LogP) is 1.86. The first kappa shape index (κ1) is 19.8. The zero-order valence-corrected chi connectivity index (χ0v) is 16.4. The molecule has 0 bridgehead atoms. The maximum absolute atomic E-state index is 13.0. The van der Waals surface area contributed by atoms with Crippen LogP contribution in [0.15, 0.2) is 36.7 Å². The van der Waals surface area contributed by atoms with E-state index in [1.54, 1.807) is 12.1 Å². The smallest absolute Gasteiger partial charge is 0.248 e. The first-order chi connectivity index (χ1) is 14.2. The summed E-state index contributed by atoms with van der Waals surface area (Å²) in [6.07, 6.45) is 6.57. The molecule has 2 aliphatic heterocycles. The zero-order chi connectivity index (χ0) is 20.1. The number of hydrogen-bond donors (Lipinski definition) is 1. The van der Waals surface area contributed by atoms with Crippen LogP contribution in [0.3, 0.4) is 0 Å². The lowest BCUT2D eigenvalue weighted by atomic mass is 10.0. The van der Waals surface area contributed by atoms with Gasteiger partial charge >= 0.3 is 0 Å². The van der Waals surface area contributed by atoms with Crippen molar-refractivity contribution in [3.05, 3.63) is 48.0 Å². The molecule has 0 unspecified atom stereocenters. The van der Waals surface area contributed by atoms with Gasteiger partial charge in [0.1, 0.15) is 30.9 Å². The average molecular weight is 402 g/mol. The van der Waals surface area contributed by atoms with Crippen LogP contribution >= 0.6 is 0 Å². The van der Waals surface area contributed by atoms with Gasteiger partial charge in [0.25, 0.3) is 0 Å². The number of likely N-dealkylation sites (tertiary alicyclic amines) is 1. The highest BCUT2D eigenvalue weighted by Gasteiger charge is 2.33. The number of aromatic nitrogens is 2. The largest absolute Gasteiger partial charge is 0.491 e. The number of nitrogens with one attached hydrogen (secondary N) is 1. The summed E-state index contributed by atoms with van der Waals surface area (Å²) >= 11 is 0. The van der Waals surface area contributed by atoms with Crippen LogP contribution in [0.1, 0.15) is 18.4 Å². The van der Waals surface area contributed by atoms with Gasteiger partial charge in [-0.15, -0.1) is 0 Å². The van der Waals surface area contributed by atoms with Crippen LogP contribution in [0, 0.1) is 5.82 Å². The maximum Gasteiger partial charge on any atom is 0.248 e. The molecule has 0 saturated carbocycles. The number of rotatable bonds is 7. The number of amides is 1. The van der Waals surface area contributed by atoms with Crippen molar-refractivity contribution < 1.29 is 18.7 Å². The van der Waals surface area contributed by atoms with E-state index in [4.69, 9.17) is 9.47 Å². The number of ether oxygens (including phenoxy) is 2. The second kappa shape index (κ2) is 9.37. The monoisotopic (exact) mass is 402 g/mol. The molecule has 156 valence electrons. The van der Waals surface area contributed by atoms with E-state index in [1.165, 1.54) is 17.7 Å². The minimum atomic E-state index is -0.292. The van der Waals surface area contributed by atoms with Crippen molar-refractivity contribution in [3.8, 4) is 5.75 Å². The SMILES string of the molecule is O=C1CO[C@@H](COc2ccc(F)cc2)CN1C1CCN(CCc2cn[nH]c2)CC1. The minimum Gasteiger partial charge on any atom is -0.491 e. The fourth-order valence-electron chi connectivity index (χ4n) is 3.98. The third-order valence-corrected chi connectivity index (χ3v) is 5.68. The number of carbonyl (C=O) groups is 1. The summed E-state index contributed by atoms with van der Waals surface area (Å²) in [7, 11) is 0. The van der Waals surface area contributed by atoms with Crippen LogP contribution in [-0.2, 0) is 16.0 Å². The molecule has 0 aliphatic carbocycles. The van der Waals surface area contributed by atoms with Gasteiger partial charge in [-0.2, -0.15) is 5.10 Å². The van der Waals surface area contributed by atoms with Crippen molar-refractivity contribution in [1.29, 1.82) is 0 Å². The first-order valence-electron chi connectivity index (χ1n) is 10.2. The Morgan fingerprint density at radius 2 is 2.03 bits per heavy atom. The first-order valence-corrected chi connectivity index (χ1v) is 10.2. The van der Waals surface area contributed by atoms with Crippen molar-refractivity contribution in [3.63, 3.8) is 0 Å². The number of H-pyrrole nitrogens is 1. The Kier molecular flexibility index (Phi) is 6.41. The summed E-state index contributed by atoms with van der Waals surface area (Å²) in [4.78, 5) is 16.8. The normalized spacial score (nSPS) is 21.5. The van der Waals surface area contributed by atoms with Gasteiger partial charge in [0.05, 0.1) is 12.7 Å². The van der Waals surface area contributed by atoms with E-state index in [1.807, 2.05) is 17.3 Å². The minimum absolute atomic E-state index is 0.0554. The number of nitrogens with zero attached hydrogens (tertiary/aromatic N) is 3. The molecule has 1 aromatic carbocycles. The third-order valence-electron chi connectivity index (χ3n) is 5.68. The molecule has 0 spiro atoms. The molecular formula is C21H27FN4O3. The summed E-state index contributed by atoms with van der Waals surface area (Å²) < 4.78 is 24.4. The topological polar surface area (TPSA) is 70.7 Å². The summed E-state index contributed by atoms with van der Waals surface area (Å²) in [5, 5.41) is 6.83. The highest BCUT2D eigenvalue weighted by Crippen LogP contribution is 2.21. The van der Waals surface area contributed by atoms with Gasteiger partial charge in [-0.3, -0.25) is 9.89 Å². The molecule has 1 atom stereocenters. The predicted molar refractivity (Wildman–Crippen MR) is 105 cm³/mol. The second-order valence-electron chi connectivity index (χ2n) is 7.67. The van der Waals surface area contributed by atoms with Crippen LogP contribution in [0.5, 0.6) is 5.75 Å². The molecule has 7 nitrogen and oxygen atoms in total. The number of carbonyl (C=O) groups excluding carboxylic acids is 1. The summed E-state index contributed by atoms with van der Waals surface area (Å²) in [5.74, 6) is 0.364. The zero-order valence-electron chi connectivity index (χ0n) is 16.4. The van der Waals surface area contributed by atoms with E-state index in [0.29, 0.717) is 18.9 Å². The van der Waals surface area contributed by atoms with E-state index in [0.717, 1.165) is 38.9 Å². The van der Waals surface area contributed by atoms with Crippen molar-refractivity contribution >= 4 is 5.91 Å². The lowest BCUT2D eigenvalue weighted by molar-refractivity contribution is -0.155. The standard InChI is InChI=1S/C21H27FN4O3/c22-17-1-3-19(4-2-17)28-14-20-13-26(21(27)15-29-20)18-6-9-25(10-7-18)8-5-16-11-23-24-12-16/h1-4,11-12,18,20H,5-10,13-15H2,(H,23,24)/t20-/m1/s1. The van der Waals surface area contributed by atoms with Gasteiger partial charge in [0.2, 0.25) is 5.91 Å². The Morgan fingerprint density at radius 1 is 1.24 bits per heavy atom. The molecule has 3 heterocycles. The van der Waals surface area contributed by atoms with Crippen LogP contribution in [0.4, 0.5) is 4.39 Å². The van der Waals surface area contributed by atoms with Gasteiger partial charge in [-0.05, 0) is 49.1 Å². The Hall–Kier alpha value is -2.45. The van der Waals surface area contributed by atoms with Gasteiger partial charge in [0, 0.05) is 31.9 Å². The molecule has 2 fully saturated rings. The Labute approximate surface area is 169 Å². The van der Waals surface area contributed by atoms with Crippen molar-refractivity contribution in [1.82, 2.24) is 20.0 Å². The van der Waals surface area contributed by atoms with E-state index in [9.17, 15) is 9.18 Å². The highest BCUT2D eigenvalue weighted by molar-refractivity contribution is 5.78. The van der Waals surface area contributed by atoms with E-state index in [-0.39, 0.29) is 30.5 Å². The quantitative estimate of drug-likeness (QED) is 0.766. The molecule has 2 aromatic rings. The van der Waals surface area contributed by atoms with Crippen molar-refractivity contribution in [2.75, 3.05) is 39.4 Å². The molecule has 2 aliphatic rings. The Bertz CT molecular complexity index is 776. The number of morpholine rings is 1. The molecule has 1 aromatic heterocycles. The highest BCUT2D eigenvalue weighted by atomic mass is 19.1. The number of piperidine rings is 1. The average Bonchev–Trinajstić information content (AvgIpc) is 3.27. The lowest BCUT2D eigenvalue weighted by Crippen LogP contribution is -2.55. The fraction of sp³-hybridized carbons (Fsp3) is 0.524. The van der Waals surface area contributed by atoms with E-state index < -0.39 is 0 Å². The molecular weight excluding hydrogens is 375 g/mol. The van der Waals surface area contributed by atoms with E-state index >= 15 is 0 Å². The van der Waals surface area contributed by atoms with Crippen LogP contribution < -0.4 is 4.74 Å². The molecule has 2 saturated heterocycles. The number of hydrogen-bond acceptors (Lipinski definition) is 5. The van der Waals surface area contributed by atoms with Gasteiger partial charge < -0.3 is 19.3 Å². The van der Waals surface area contributed by atoms with Crippen LogP contribution in [-0.4, -0.2) is 77.4 Å². The molecule has 8 heteroatoms. The van der Waals surface area contributed by atoms with Crippen LogP contribution in [0.25, 0.3) is 0 Å². The molecule has 0 radical (unpaired) electrons. The number of benzene rings is 1. The number of aromatic amines is 1.